The van der Waals surface area contributed by atoms with E-state index in [0.29, 0.717) is 21.9 Å². The van der Waals surface area contributed by atoms with Crippen LogP contribution in [0.4, 0.5) is 0 Å². The predicted molar refractivity (Wildman–Crippen MR) is 94.3 cm³/mol. The maximum Gasteiger partial charge on any atom is 0.271 e. The summed E-state index contributed by atoms with van der Waals surface area (Å²) in [6.45, 7) is 3.86. The van der Waals surface area contributed by atoms with E-state index in [4.69, 9.17) is 22.2 Å². The first-order valence-electron chi connectivity index (χ1n) is 7.19. The van der Waals surface area contributed by atoms with Gasteiger partial charge in [0.2, 0.25) is 5.16 Å². The molecule has 2 aromatic heterocycles. The van der Waals surface area contributed by atoms with E-state index in [9.17, 15) is 0 Å². The molecule has 0 fully saturated rings. The zero-order valence-electron chi connectivity index (χ0n) is 13.5. The molecule has 7 nitrogen and oxygen atoms in total. The summed E-state index contributed by atoms with van der Waals surface area (Å²) in [6.07, 6.45) is 0. The summed E-state index contributed by atoms with van der Waals surface area (Å²) < 4.78 is 8.46. The van der Waals surface area contributed by atoms with Crippen molar-refractivity contribution >= 4 is 23.4 Å². The summed E-state index contributed by atoms with van der Waals surface area (Å²) in [7, 11) is 1.63. The second-order valence-corrected chi connectivity index (χ2v) is 6.62. The lowest BCUT2D eigenvalue weighted by Gasteiger charge is -2.08. The molecule has 0 aliphatic carbocycles. The molecule has 9 heteroatoms. The van der Waals surface area contributed by atoms with E-state index < -0.39 is 0 Å². The van der Waals surface area contributed by atoms with Crippen LogP contribution in [0.2, 0.25) is 5.02 Å². The van der Waals surface area contributed by atoms with Crippen molar-refractivity contribution in [2.45, 2.75) is 24.8 Å². The second-order valence-electron chi connectivity index (χ2n) is 5.24. The first kappa shape index (κ1) is 16.7. The number of benzene rings is 1. The summed E-state index contributed by atoms with van der Waals surface area (Å²) in [4.78, 5) is 0. The van der Waals surface area contributed by atoms with E-state index in [1.165, 1.54) is 16.4 Å². The highest BCUT2D eigenvalue weighted by Crippen LogP contribution is 2.29. The fraction of sp³-hybridized carbons (Fsp3) is 0.267. The molecule has 0 saturated carbocycles. The highest BCUT2D eigenvalue weighted by Gasteiger charge is 2.15. The maximum absolute atomic E-state index is 6.13. The molecule has 1 aromatic carbocycles. The SMILES string of the molecule is COc1ccc(Cl)cc1CSc1nnc(-n2nc(C)cc2C)n1N. The Kier molecular flexibility index (Phi) is 4.68. The van der Waals surface area contributed by atoms with E-state index in [1.54, 1.807) is 17.9 Å². The highest BCUT2D eigenvalue weighted by atomic mass is 35.5. The van der Waals surface area contributed by atoms with Gasteiger partial charge in [-0.25, -0.2) is 9.36 Å². The van der Waals surface area contributed by atoms with Crippen molar-refractivity contribution in [1.82, 2.24) is 24.7 Å². The number of ether oxygens (including phenoxy) is 1. The van der Waals surface area contributed by atoms with Crippen LogP contribution in [0.3, 0.4) is 0 Å². The van der Waals surface area contributed by atoms with Crippen LogP contribution in [0.25, 0.3) is 5.95 Å². The largest absolute Gasteiger partial charge is 0.496 e. The molecule has 0 amide bonds. The van der Waals surface area contributed by atoms with Crippen molar-refractivity contribution in [2.24, 2.45) is 0 Å². The normalized spacial score (nSPS) is 11.0. The van der Waals surface area contributed by atoms with E-state index in [2.05, 4.69) is 15.3 Å². The minimum absolute atomic E-state index is 0.473. The molecule has 0 spiro atoms. The molecule has 0 bridgehead atoms. The number of aryl methyl sites for hydroxylation is 2. The number of rotatable bonds is 5. The van der Waals surface area contributed by atoms with Crippen molar-refractivity contribution in [2.75, 3.05) is 13.0 Å². The summed E-state index contributed by atoms with van der Waals surface area (Å²) in [5, 5.41) is 13.9. The van der Waals surface area contributed by atoms with Crippen LogP contribution >= 0.6 is 23.4 Å². The third-order valence-corrected chi connectivity index (χ3v) is 4.67. The molecule has 3 rings (SSSR count). The Morgan fingerprint density at radius 1 is 1.25 bits per heavy atom. The van der Waals surface area contributed by atoms with Crippen molar-refractivity contribution in [3.63, 3.8) is 0 Å². The Morgan fingerprint density at radius 3 is 2.71 bits per heavy atom. The molecule has 2 heterocycles. The minimum atomic E-state index is 0.473. The number of methoxy groups -OCH3 is 1. The molecule has 0 saturated heterocycles. The third kappa shape index (κ3) is 3.20. The number of hydrogen-bond donors (Lipinski definition) is 1. The highest BCUT2D eigenvalue weighted by molar-refractivity contribution is 7.98. The molecule has 0 aliphatic rings. The van der Waals surface area contributed by atoms with Crippen LogP contribution < -0.4 is 10.6 Å². The average Bonchev–Trinajstić information content (AvgIpc) is 3.07. The quantitative estimate of drug-likeness (QED) is 0.553. The second kappa shape index (κ2) is 6.74. The fourth-order valence-corrected chi connectivity index (χ4v) is 3.37. The predicted octanol–water partition coefficient (Wildman–Crippen LogP) is 2.75. The maximum atomic E-state index is 6.13. The van der Waals surface area contributed by atoms with Gasteiger partial charge in [0.05, 0.1) is 12.8 Å². The van der Waals surface area contributed by atoms with Gasteiger partial charge in [-0.3, -0.25) is 0 Å². The lowest BCUT2D eigenvalue weighted by Crippen LogP contribution is -2.17. The minimum Gasteiger partial charge on any atom is -0.496 e. The zero-order chi connectivity index (χ0) is 17.3. The smallest absolute Gasteiger partial charge is 0.271 e. The Bertz CT molecular complexity index is 875. The lowest BCUT2D eigenvalue weighted by molar-refractivity contribution is 0.411. The van der Waals surface area contributed by atoms with Crippen molar-refractivity contribution in [1.29, 1.82) is 0 Å². The fourth-order valence-electron chi connectivity index (χ4n) is 2.35. The summed E-state index contributed by atoms with van der Waals surface area (Å²) >= 11 is 7.51. The Morgan fingerprint density at radius 2 is 2.04 bits per heavy atom. The van der Waals surface area contributed by atoms with Gasteiger partial charge < -0.3 is 10.6 Å². The molecule has 2 N–H and O–H groups in total. The number of halogens is 1. The Labute approximate surface area is 148 Å². The third-order valence-electron chi connectivity index (χ3n) is 3.44. The van der Waals surface area contributed by atoms with Gasteiger partial charge in [0.25, 0.3) is 5.95 Å². The van der Waals surface area contributed by atoms with Crippen LogP contribution in [0.1, 0.15) is 17.0 Å². The lowest BCUT2D eigenvalue weighted by atomic mass is 10.2. The van der Waals surface area contributed by atoms with E-state index in [0.717, 1.165) is 22.7 Å². The molecule has 0 unspecified atom stereocenters. The Hall–Kier alpha value is -2.19. The van der Waals surface area contributed by atoms with Gasteiger partial charge in [-0.15, -0.1) is 10.2 Å². The van der Waals surface area contributed by atoms with Crippen molar-refractivity contribution in [3.8, 4) is 11.7 Å². The number of nitrogens with zero attached hydrogens (tertiary/aromatic N) is 5. The number of hydrogen-bond acceptors (Lipinski definition) is 6. The summed E-state index contributed by atoms with van der Waals surface area (Å²) in [6, 6.07) is 7.46. The van der Waals surface area contributed by atoms with E-state index in [-0.39, 0.29) is 0 Å². The number of nitrogen functional groups attached to an aromatic ring is 1. The van der Waals surface area contributed by atoms with Gasteiger partial charge in [-0.1, -0.05) is 23.4 Å². The molecular weight excluding hydrogens is 348 g/mol. The first-order valence-corrected chi connectivity index (χ1v) is 8.55. The molecule has 0 aliphatic heterocycles. The van der Waals surface area contributed by atoms with Crippen molar-refractivity contribution in [3.05, 3.63) is 46.2 Å². The molecular formula is C15H17ClN6OS. The van der Waals surface area contributed by atoms with Crippen LogP contribution in [-0.4, -0.2) is 31.8 Å². The van der Waals surface area contributed by atoms with Crippen LogP contribution in [-0.2, 0) is 5.75 Å². The Balaban J connectivity index is 1.83. The van der Waals surface area contributed by atoms with Gasteiger partial charge in [0, 0.05) is 22.0 Å². The van der Waals surface area contributed by atoms with Gasteiger partial charge in [-0.05, 0) is 38.1 Å². The standard InChI is InChI=1S/C15H17ClN6OS/c1-9-6-10(2)22(20-9)14-18-19-15(21(14)17)24-8-11-7-12(16)4-5-13(11)23-3/h4-7H,8,17H2,1-3H3. The van der Waals surface area contributed by atoms with Crippen LogP contribution in [0, 0.1) is 13.8 Å². The van der Waals surface area contributed by atoms with E-state index >= 15 is 0 Å². The zero-order valence-corrected chi connectivity index (χ0v) is 15.1. The van der Waals surface area contributed by atoms with Gasteiger partial charge >= 0.3 is 0 Å². The van der Waals surface area contributed by atoms with Crippen molar-refractivity contribution < 1.29 is 4.74 Å². The number of thioether (sulfide) groups is 1. The number of aromatic nitrogens is 5. The summed E-state index contributed by atoms with van der Waals surface area (Å²) in [5.74, 6) is 7.98. The van der Waals surface area contributed by atoms with Gasteiger partial charge in [0.1, 0.15) is 5.75 Å². The molecule has 24 heavy (non-hydrogen) atoms. The topological polar surface area (TPSA) is 83.8 Å². The monoisotopic (exact) mass is 364 g/mol. The van der Waals surface area contributed by atoms with E-state index in [1.807, 2.05) is 32.0 Å². The summed E-state index contributed by atoms with van der Waals surface area (Å²) in [5.41, 5.74) is 2.80. The van der Waals surface area contributed by atoms with Crippen LogP contribution in [0.5, 0.6) is 5.75 Å². The first-order chi connectivity index (χ1) is 11.5. The molecule has 126 valence electrons. The average molecular weight is 365 g/mol. The molecule has 0 atom stereocenters. The molecule has 3 aromatic rings. The molecule has 0 radical (unpaired) electrons. The van der Waals surface area contributed by atoms with Gasteiger partial charge in [-0.2, -0.15) is 5.10 Å². The van der Waals surface area contributed by atoms with Crippen LogP contribution in [0.15, 0.2) is 29.4 Å². The number of nitrogens with two attached hydrogens (primary N) is 1. The van der Waals surface area contributed by atoms with Gasteiger partial charge in [0.15, 0.2) is 0 Å².